The van der Waals surface area contributed by atoms with E-state index in [1.807, 2.05) is 10.9 Å². The molecule has 3 heterocycles. The van der Waals surface area contributed by atoms with E-state index in [2.05, 4.69) is 29.2 Å². The first-order chi connectivity index (χ1) is 10.1. The van der Waals surface area contributed by atoms with Gasteiger partial charge in [0.15, 0.2) is 0 Å². The predicted molar refractivity (Wildman–Crippen MR) is 81.0 cm³/mol. The maximum Gasteiger partial charge on any atom is 0.224 e. The Kier molecular flexibility index (Phi) is 3.63. The van der Waals surface area contributed by atoms with Gasteiger partial charge in [-0.25, -0.2) is 4.98 Å². The Balaban J connectivity index is 0.00000176. The van der Waals surface area contributed by atoms with Gasteiger partial charge in [0.1, 0.15) is 11.5 Å². The molecule has 21 heavy (non-hydrogen) atoms. The number of ether oxygens (including phenoxy) is 1. The van der Waals surface area contributed by atoms with Crippen LogP contribution in [0.5, 0.6) is 0 Å². The Labute approximate surface area is 124 Å². The van der Waals surface area contributed by atoms with Crippen molar-refractivity contribution in [2.45, 2.75) is 25.8 Å². The van der Waals surface area contributed by atoms with Crippen molar-refractivity contribution in [3.8, 4) is 11.3 Å². The molecule has 0 atom stereocenters. The number of anilines is 1. The number of nitrogens with zero attached hydrogens (tertiary/aromatic N) is 3. The number of aromatic nitrogens is 3. The minimum Gasteiger partial charge on any atom is -0.377 e. The van der Waals surface area contributed by atoms with E-state index >= 15 is 0 Å². The molecule has 5 nitrogen and oxygen atoms in total. The second-order valence-corrected chi connectivity index (χ2v) is 5.54. The molecule has 2 aromatic heterocycles. The summed E-state index contributed by atoms with van der Waals surface area (Å²) in [6.45, 7) is 5.49. The van der Waals surface area contributed by atoms with E-state index in [0.29, 0.717) is 30.3 Å². The lowest BCUT2D eigenvalue weighted by Gasteiger charge is -2.26. The average Bonchev–Trinajstić information content (AvgIpc) is 2.81. The molecular weight excluding hydrogens is 271 g/mol. The normalized spacial score (nSPS) is 15.3. The monoisotopic (exact) mass is 292 g/mol. The van der Waals surface area contributed by atoms with Crippen molar-refractivity contribution in [2.75, 3.05) is 25.6 Å². The molecule has 6 heteroatoms. The fourth-order valence-electron chi connectivity index (χ4n) is 2.35. The summed E-state index contributed by atoms with van der Waals surface area (Å²) in [5.41, 5.74) is 2.14. The molecule has 0 amide bonds. The van der Waals surface area contributed by atoms with Gasteiger partial charge in [0, 0.05) is 20.2 Å². The lowest BCUT2D eigenvalue weighted by Crippen LogP contribution is -2.30. The molecule has 114 valence electrons. The minimum absolute atomic E-state index is 0. The first-order valence-corrected chi connectivity index (χ1v) is 7.11. The number of rotatable bonds is 4. The lowest BCUT2D eigenvalue weighted by molar-refractivity contribution is -0.0285. The van der Waals surface area contributed by atoms with Crippen molar-refractivity contribution in [1.82, 2.24) is 14.8 Å². The second-order valence-electron chi connectivity index (χ2n) is 5.54. The molecule has 0 bridgehead atoms. The van der Waals surface area contributed by atoms with Crippen LogP contribution >= 0.6 is 0 Å². The highest BCUT2D eigenvalue weighted by molar-refractivity contribution is 5.64. The van der Waals surface area contributed by atoms with E-state index < -0.39 is 5.95 Å². The zero-order valence-electron chi connectivity index (χ0n) is 12.4. The molecule has 0 aromatic carbocycles. The first-order valence-electron chi connectivity index (χ1n) is 7.11. The van der Waals surface area contributed by atoms with Crippen LogP contribution in [0.4, 0.5) is 10.2 Å². The van der Waals surface area contributed by atoms with Gasteiger partial charge in [0.25, 0.3) is 0 Å². The van der Waals surface area contributed by atoms with Gasteiger partial charge in [0.05, 0.1) is 24.8 Å². The summed E-state index contributed by atoms with van der Waals surface area (Å²) in [6, 6.07) is 3.74. The van der Waals surface area contributed by atoms with E-state index in [1.54, 1.807) is 19.2 Å². The second kappa shape index (κ2) is 5.44. The van der Waals surface area contributed by atoms with E-state index in [0.717, 1.165) is 5.56 Å². The molecule has 1 N–H and O–H groups in total. The van der Waals surface area contributed by atoms with Crippen LogP contribution in [0.3, 0.4) is 0 Å². The van der Waals surface area contributed by atoms with Crippen molar-refractivity contribution in [2.24, 2.45) is 0 Å². The van der Waals surface area contributed by atoms with Gasteiger partial charge in [-0.1, -0.05) is 13.8 Å². The summed E-state index contributed by atoms with van der Waals surface area (Å²) >= 11 is 0. The Hall–Kier alpha value is -1.95. The topological polar surface area (TPSA) is 52.0 Å². The standard InChI is InChI=1S/C15H19FN4O.H2/c1-9(2)12-6-20(10-7-21-8-10)19-14(12)11-4-5-13(17-3)18-15(11)16;/h4-6,9-10H,7-8H2,1-3H3,(H,17,18);1H. The summed E-state index contributed by atoms with van der Waals surface area (Å²) in [7, 11) is 1.71. The van der Waals surface area contributed by atoms with Crippen LogP contribution < -0.4 is 5.32 Å². The zero-order chi connectivity index (χ0) is 15.0. The number of pyridine rings is 1. The molecule has 0 spiro atoms. The van der Waals surface area contributed by atoms with Gasteiger partial charge in [-0.3, -0.25) is 4.68 Å². The zero-order valence-corrected chi connectivity index (χ0v) is 12.4. The summed E-state index contributed by atoms with van der Waals surface area (Å²) in [6.07, 6.45) is 2.00. The molecule has 1 aliphatic heterocycles. The van der Waals surface area contributed by atoms with Gasteiger partial charge in [0.2, 0.25) is 5.95 Å². The first kappa shape index (κ1) is 14.0. The van der Waals surface area contributed by atoms with Gasteiger partial charge >= 0.3 is 0 Å². The van der Waals surface area contributed by atoms with Gasteiger partial charge in [-0.15, -0.1) is 0 Å². The van der Waals surface area contributed by atoms with Crippen LogP contribution in [-0.2, 0) is 4.74 Å². The Morgan fingerprint density at radius 1 is 1.43 bits per heavy atom. The van der Waals surface area contributed by atoms with E-state index in [1.165, 1.54) is 0 Å². The maximum absolute atomic E-state index is 14.2. The fourth-order valence-corrected chi connectivity index (χ4v) is 2.35. The van der Waals surface area contributed by atoms with Crippen LogP contribution in [0, 0.1) is 5.95 Å². The Bertz CT molecular complexity index is 655. The Morgan fingerprint density at radius 3 is 2.71 bits per heavy atom. The largest absolute Gasteiger partial charge is 0.377 e. The van der Waals surface area contributed by atoms with Crippen molar-refractivity contribution in [3.05, 3.63) is 29.8 Å². The van der Waals surface area contributed by atoms with Crippen molar-refractivity contribution in [1.29, 1.82) is 0 Å². The third-order valence-electron chi connectivity index (χ3n) is 3.74. The third kappa shape index (κ3) is 2.51. The Morgan fingerprint density at radius 2 is 2.19 bits per heavy atom. The molecule has 1 fully saturated rings. The maximum atomic E-state index is 14.2. The fraction of sp³-hybridized carbons (Fsp3) is 0.467. The van der Waals surface area contributed by atoms with Crippen molar-refractivity contribution in [3.63, 3.8) is 0 Å². The van der Waals surface area contributed by atoms with Crippen LogP contribution in [0.2, 0.25) is 0 Å². The molecule has 2 aromatic rings. The van der Waals surface area contributed by atoms with E-state index in [9.17, 15) is 4.39 Å². The number of halogens is 1. The summed E-state index contributed by atoms with van der Waals surface area (Å²) in [5, 5.41) is 7.41. The number of nitrogens with one attached hydrogen (secondary N) is 1. The lowest BCUT2D eigenvalue weighted by atomic mass is 10.0. The number of hydrogen-bond donors (Lipinski definition) is 1. The molecule has 0 radical (unpaired) electrons. The molecular formula is C15H21FN4O. The molecule has 3 rings (SSSR count). The summed E-state index contributed by atoms with van der Waals surface area (Å²) in [5.74, 6) is 0.270. The van der Waals surface area contributed by atoms with Crippen molar-refractivity contribution < 1.29 is 10.6 Å². The van der Waals surface area contributed by atoms with Crippen LogP contribution in [0.25, 0.3) is 11.3 Å². The summed E-state index contributed by atoms with van der Waals surface area (Å²) in [4.78, 5) is 3.90. The van der Waals surface area contributed by atoms with Crippen LogP contribution in [0.15, 0.2) is 18.3 Å². The highest BCUT2D eigenvalue weighted by atomic mass is 19.1. The predicted octanol–water partition coefficient (Wildman–Crippen LogP) is 3.07. The highest BCUT2D eigenvalue weighted by Gasteiger charge is 2.25. The molecule has 1 saturated heterocycles. The average molecular weight is 292 g/mol. The minimum atomic E-state index is -0.501. The van der Waals surface area contributed by atoms with Crippen LogP contribution in [-0.4, -0.2) is 35.0 Å². The smallest absolute Gasteiger partial charge is 0.224 e. The summed E-state index contributed by atoms with van der Waals surface area (Å²) < 4.78 is 21.3. The van der Waals surface area contributed by atoms with Gasteiger partial charge < -0.3 is 10.1 Å². The SMILES string of the molecule is CNc1ccc(-c2nn(C3COC3)cc2C(C)C)c(F)n1.[HH]. The highest BCUT2D eigenvalue weighted by Crippen LogP contribution is 2.31. The van der Waals surface area contributed by atoms with Gasteiger partial charge in [-0.05, 0) is 18.1 Å². The van der Waals surface area contributed by atoms with E-state index in [-0.39, 0.29) is 13.4 Å². The van der Waals surface area contributed by atoms with Crippen molar-refractivity contribution >= 4 is 5.82 Å². The van der Waals surface area contributed by atoms with Gasteiger partial charge in [-0.2, -0.15) is 9.49 Å². The molecule has 0 aliphatic carbocycles. The van der Waals surface area contributed by atoms with E-state index in [4.69, 9.17) is 4.74 Å². The quantitative estimate of drug-likeness (QED) is 0.880. The third-order valence-corrected chi connectivity index (χ3v) is 3.74. The molecule has 1 aliphatic rings. The molecule has 0 saturated carbocycles. The van der Waals surface area contributed by atoms with Crippen LogP contribution in [0.1, 0.15) is 32.8 Å². The number of hydrogen-bond acceptors (Lipinski definition) is 4. The molecule has 0 unspecified atom stereocenters.